The minimum Gasteiger partial charge on any atom is -0.380 e. The van der Waals surface area contributed by atoms with E-state index in [4.69, 9.17) is 4.74 Å². The third-order valence-corrected chi connectivity index (χ3v) is 6.39. The third kappa shape index (κ3) is 5.11. The fourth-order valence-electron chi connectivity index (χ4n) is 4.44. The van der Waals surface area contributed by atoms with Gasteiger partial charge in [-0.05, 0) is 73.3 Å². The summed E-state index contributed by atoms with van der Waals surface area (Å²) < 4.78 is 5.48. The molecule has 3 amide bonds. The molecule has 4 rings (SSSR count). The molecule has 2 unspecified atom stereocenters. The van der Waals surface area contributed by atoms with Crippen LogP contribution in [0.25, 0.3) is 0 Å². The van der Waals surface area contributed by atoms with Gasteiger partial charge in [-0.3, -0.25) is 4.79 Å². The Bertz CT molecular complexity index is 960. The summed E-state index contributed by atoms with van der Waals surface area (Å²) in [6.07, 6.45) is 3.18. The summed E-state index contributed by atoms with van der Waals surface area (Å²) in [7, 11) is 1.62. The summed E-state index contributed by atoms with van der Waals surface area (Å²) in [4.78, 5) is 27.7. The number of nitrogens with one attached hydrogen (secondary N) is 3. The van der Waals surface area contributed by atoms with Crippen LogP contribution in [0.2, 0.25) is 0 Å². The number of carbonyl (C=O) groups excluding carboxylic acids is 2. The zero-order valence-corrected chi connectivity index (χ0v) is 18.8. The number of benzene rings is 2. The maximum Gasteiger partial charge on any atom is 0.322 e. The van der Waals surface area contributed by atoms with Gasteiger partial charge in [0.15, 0.2) is 0 Å². The molecule has 2 aliphatic rings. The Morgan fingerprint density at radius 1 is 1.03 bits per heavy atom. The van der Waals surface area contributed by atoms with Gasteiger partial charge in [-0.15, -0.1) is 0 Å². The maximum absolute atomic E-state index is 13.2. The lowest BCUT2D eigenvalue weighted by atomic mass is 10.0. The van der Waals surface area contributed by atoms with Gasteiger partial charge in [0.25, 0.3) is 0 Å². The second-order valence-corrected chi connectivity index (χ2v) is 8.46. The van der Waals surface area contributed by atoms with Crippen molar-refractivity contribution in [3.63, 3.8) is 0 Å². The first kappa shape index (κ1) is 22.3. The van der Waals surface area contributed by atoms with E-state index in [1.54, 1.807) is 12.0 Å². The molecular weight excluding hydrogens is 404 g/mol. The molecule has 1 fully saturated rings. The highest BCUT2D eigenvalue weighted by molar-refractivity contribution is 5.99. The summed E-state index contributed by atoms with van der Waals surface area (Å²) in [5, 5.41) is 9.35. The molecule has 2 aliphatic heterocycles. The van der Waals surface area contributed by atoms with Crippen molar-refractivity contribution < 1.29 is 14.3 Å². The molecule has 1 saturated heterocycles. The van der Waals surface area contributed by atoms with Gasteiger partial charge in [0.05, 0.1) is 6.10 Å². The highest BCUT2D eigenvalue weighted by Crippen LogP contribution is 2.24. The average Bonchev–Trinajstić information content (AvgIpc) is 3.12. The van der Waals surface area contributed by atoms with E-state index < -0.39 is 6.04 Å². The van der Waals surface area contributed by atoms with Crippen molar-refractivity contribution in [2.45, 2.75) is 44.8 Å². The van der Waals surface area contributed by atoms with Gasteiger partial charge >= 0.3 is 6.03 Å². The quantitative estimate of drug-likeness (QED) is 0.672. The minimum absolute atomic E-state index is 0.169. The topological polar surface area (TPSA) is 82.7 Å². The van der Waals surface area contributed by atoms with Crippen LogP contribution in [-0.4, -0.2) is 55.7 Å². The number of ether oxygens (including phenoxy) is 1. The van der Waals surface area contributed by atoms with E-state index >= 15 is 0 Å². The number of rotatable bonds is 5. The van der Waals surface area contributed by atoms with Crippen molar-refractivity contribution in [1.82, 2.24) is 10.2 Å². The van der Waals surface area contributed by atoms with E-state index in [2.05, 4.69) is 35.0 Å². The Balaban J connectivity index is 1.45. The first-order chi connectivity index (χ1) is 15.6. The van der Waals surface area contributed by atoms with Crippen molar-refractivity contribution in [3.05, 3.63) is 59.2 Å². The van der Waals surface area contributed by atoms with Crippen LogP contribution in [0.4, 0.5) is 16.2 Å². The number of aryl methyl sites for hydroxylation is 1. The largest absolute Gasteiger partial charge is 0.380 e. The average molecular weight is 437 g/mol. The summed E-state index contributed by atoms with van der Waals surface area (Å²) in [5.74, 6) is -0.187. The first-order valence-corrected chi connectivity index (χ1v) is 11.4. The molecule has 170 valence electrons. The molecule has 2 atom stereocenters. The van der Waals surface area contributed by atoms with E-state index in [9.17, 15) is 9.59 Å². The Labute approximate surface area is 189 Å². The molecule has 3 N–H and O–H groups in total. The van der Waals surface area contributed by atoms with E-state index in [1.807, 2.05) is 30.3 Å². The molecule has 0 aliphatic carbocycles. The van der Waals surface area contributed by atoms with Crippen LogP contribution in [0.3, 0.4) is 0 Å². The van der Waals surface area contributed by atoms with Gasteiger partial charge < -0.3 is 25.6 Å². The Kier molecular flexibility index (Phi) is 7.07. The number of urea groups is 1. The maximum atomic E-state index is 13.2. The van der Waals surface area contributed by atoms with Gasteiger partial charge in [0.1, 0.15) is 6.04 Å². The summed E-state index contributed by atoms with van der Waals surface area (Å²) in [6, 6.07) is 13.0. The normalized spacial score (nSPS) is 20.4. The molecule has 0 bridgehead atoms. The van der Waals surface area contributed by atoms with Crippen LogP contribution >= 0.6 is 0 Å². The zero-order chi connectivity index (χ0) is 22.5. The molecule has 0 spiro atoms. The SMILES string of the molecule is CCc1ccc(NC(=O)N2CC(OC)CC2C(=O)Nc2ccc3c(c2)CCNCC3)cc1. The van der Waals surface area contributed by atoms with Gasteiger partial charge in [-0.2, -0.15) is 0 Å². The number of likely N-dealkylation sites (tertiary alicyclic amines) is 1. The third-order valence-electron chi connectivity index (χ3n) is 6.39. The minimum atomic E-state index is -0.588. The molecule has 0 radical (unpaired) electrons. The lowest BCUT2D eigenvalue weighted by Crippen LogP contribution is -2.45. The molecule has 7 nitrogen and oxygen atoms in total. The lowest BCUT2D eigenvalue weighted by molar-refractivity contribution is -0.119. The molecule has 2 heterocycles. The number of methoxy groups -OCH3 is 1. The Morgan fingerprint density at radius 3 is 2.47 bits per heavy atom. The zero-order valence-electron chi connectivity index (χ0n) is 18.8. The predicted molar refractivity (Wildman–Crippen MR) is 126 cm³/mol. The van der Waals surface area contributed by atoms with Crippen LogP contribution in [-0.2, 0) is 28.8 Å². The molecular formula is C25H32N4O3. The molecule has 2 aromatic carbocycles. The fourth-order valence-corrected chi connectivity index (χ4v) is 4.44. The van der Waals surface area contributed by atoms with Crippen molar-refractivity contribution in [3.8, 4) is 0 Å². The Hall–Kier alpha value is -2.90. The van der Waals surface area contributed by atoms with E-state index in [0.717, 1.165) is 38.0 Å². The van der Waals surface area contributed by atoms with Crippen molar-refractivity contribution in [2.75, 3.05) is 37.4 Å². The lowest BCUT2D eigenvalue weighted by Gasteiger charge is -2.24. The second-order valence-electron chi connectivity index (χ2n) is 8.46. The number of hydrogen-bond donors (Lipinski definition) is 3. The highest BCUT2D eigenvalue weighted by atomic mass is 16.5. The monoisotopic (exact) mass is 436 g/mol. The van der Waals surface area contributed by atoms with E-state index in [1.165, 1.54) is 16.7 Å². The molecule has 32 heavy (non-hydrogen) atoms. The summed E-state index contributed by atoms with van der Waals surface area (Å²) >= 11 is 0. The smallest absolute Gasteiger partial charge is 0.322 e. The summed E-state index contributed by atoms with van der Waals surface area (Å²) in [5.41, 5.74) is 5.28. The van der Waals surface area contributed by atoms with Gasteiger partial charge in [-0.25, -0.2) is 4.79 Å². The summed E-state index contributed by atoms with van der Waals surface area (Å²) in [6.45, 7) is 4.39. The second kappa shape index (κ2) is 10.1. The molecule has 7 heteroatoms. The van der Waals surface area contributed by atoms with Crippen molar-refractivity contribution in [2.24, 2.45) is 0 Å². The number of anilines is 2. The van der Waals surface area contributed by atoms with Crippen LogP contribution in [0.15, 0.2) is 42.5 Å². The first-order valence-electron chi connectivity index (χ1n) is 11.4. The van der Waals surface area contributed by atoms with Crippen LogP contribution in [0.5, 0.6) is 0 Å². The molecule has 2 aromatic rings. The highest BCUT2D eigenvalue weighted by Gasteiger charge is 2.40. The predicted octanol–water partition coefficient (Wildman–Crippen LogP) is 3.20. The van der Waals surface area contributed by atoms with Crippen LogP contribution in [0, 0.1) is 0 Å². The fraction of sp³-hybridized carbons (Fsp3) is 0.440. The van der Waals surface area contributed by atoms with Gasteiger partial charge in [0, 0.05) is 31.5 Å². The molecule has 0 aromatic heterocycles. The molecule has 0 saturated carbocycles. The van der Waals surface area contributed by atoms with E-state index in [-0.39, 0.29) is 18.0 Å². The van der Waals surface area contributed by atoms with Crippen molar-refractivity contribution in [1.29, 1.82) is 0 Å². The van der Waals surface area contributed by atoms with Crippen molar-refractivity contribution >= 4 is 23.3 Å². The van der Waals surface area contributed by atoms with Crippen LogP contribution < -0.4 is 16.0 Å². The van der Waals surface area contributed by atoms with Gasteiger partial charge in [-0.1, -0.05) is 25.1 Å². The number of fused-ring (bicyclic) bond motifs is 1. The number of hydrogen-bond acceptors (Lipinski definition) is 4. The number of nitrogens with zero attached hydrogens (tertiary/aromatic N) is 1. The Morgan fingerprint density at radius 2 is 1.75 bits per heavy atom. The van der Waals surface area contributed by atoms with E-state index in [0.29, 0.717) is 18.7 Å². The van der Waals surface area contributed by atoms with Gasteiger partial charge in [0.2, 0.25) is 5.91 Å². The number of carbonyl (C=O) groups is 2. The standard InChI is InChI=1S/C25H32N4O3/c1-3-17-4-7-20(8-5-17)28-25(31)29-16-22(32-2)15-23(29)24(30)27-21-9-6-18-10-12-26-13-11-19(18)14-21/h4-9,14,22-23,26H,3,10-13,15-16H2,1-2H3,(H,27,30)(H,28,31). The van der Waals surface area contributed by atoms with Crippen LogP contribution in [0.1, 0.15) is 30.0 Å². The number of amides is 3.